The lowest BCUT2D eigenvalue weighted by molar-refractivity contribution is -0.124. The molecule has 1 aliphatic heterocycles. The van der Waals surface area contributed by atoms with E-state index >= 15 is 0 Å². The Morgan fingerprint density at radius 3 is 2.77 bits per heavy atom. The minimum absolute atomic E-state index is 0.0258. The molecular weight excluding hydrogens is 388 g/mol. The maximum Gasteiger partial charge on any atom is 0.294 e. The maximum atomic E-state index is 13.3. The smallest absolute Gasteiger partial charge is 0.294 e. The Hall–Kier alpha value is -3.08. The molecule has 0 saturated heterocycles. The van der Waals surface area contributed by atoms with Crippen molar-refractivity contribution in [1.82, 2.24) is 5.32 Å². The average Bonchev–Trinajstić information content (AvgIpc) is 2.74. The van der Waals surface area contributed by atoms with Crippen LogP contribution < -0.4 is 15.0 Å². The fourth-order valence-electron chi connectivity index (χ4n) is 4.51. The van der Waals surface area contributed by atoms with Crippen LogP contribution in [0.5, 0.6) is 5.75 Å². The van der Waals surface area contributed by atoms with E-state index in [4.69, 9.17) is 4.74 Å². The number of hydrogen-bond donors (Lipinski definition) is 1. The second-order valence-corrected chi connectivity index (χ2v) is 8.83. The van der Waals surface area contributed by atoms with Gasteiger partial charge in [-0.3, -0.25) is 14.5 Å². The number of benzene rings is 2. The number of carbonyl (C=O) groups is 2. The third-order valence-corrected chi connectivity index (χ3v) is 6.53. The van der Waals surface area contributed by atoms with E-state index in [9.17, 15) is 9.59 Å². The Labute approximate surface area is 184 Å². The number of aryl methyl sites for hydroxylation is 1. The normalized spacial score (nSPS) is 24.5. The van der Waals surface area contributed by atoms with Gasteiger partial charge in [-0.1, -0.05) is 68.7 Å². The summed E-state index contributed by atoms with van der Waals surface area (Å²) >= 11 is 0. The van der Waals surface area contributed by atoms with Gasteiger partial charge in [0, 0.05) is 6.04 Å². The monoisotopic (exact) mass is 418 g/mol. The molecule has 1 aliphatic carbocycles. The van der Waals surface area contributed by atoms with Crippen LogP contribution >= 0.6 is 0 Å². The predicted molar refractivity (Wildman–Crippen MR) is 123 cm³/mol. The highest BCUT2D eigenvalue weighted by molar-refractivity contribution is 6.12. The van der Waals surface area contributed by atoms with Crippen molar-refractivity contribution in [3.63, 3.8) is 0 Å². The molecule has 2 amide bonds. The summed E-state index contributed by atoms with van der Waals surface area (Å²) in [5.41, 5.74) is 2.61. The minimum Gasteiger partial charge on any atom is -0.449 e. The number of anilines is 1. The van der Waals surface area contributed by atoms with Gasteiger partial charge in [-0.05, 0) is 49.0 Å². The molecule has 1 fully saturated rings. The zero-order valence-electron chi connectivity index (χ0n) is 18.4. The van der Waals surface area contributed by atoms with Gasteiger partial charge < -0.3 is 10.1 Å². The maximum absolute atomic E-state index is 13.3. The number of hydrogen-bond acceptors (Lipinski definition) is 3. The Morgan fingerprint density at radius 1 is 1.16 bits per heavy atom. The molecular formula is C26H30N2O3. The molecule has 1 saturated carbocycles. The first-order valence-corrected chi connectivity index (χ1v) is 11.1. The van der Waals surface area contributed by atoms with Gasteiger partial charge in [0.05, 0.1) is 5.69 Å². The molecule has 2 aliphatic rings. The Bertz CT molecular complexity index is 1010. The van der Waals surface area contributed by atoms with E-state index in [0.717, 1.165) is 24.0 Å². The van der Waals surface area contributed by atoms with Gasteiger partial charge in [0.2, 0.25) is 5.91 Å². The summed E-state index contributed by atoms with van der Waals surface area (Å²) in [6.45, 7) is 6.42. The summed E-state index contributed by atoms with van der Waals surface area (Å²) in [6.07, 6.45) is 5.06. The quantitative estimate of drug-likeness (QED) is 0.732. The van der Waals surface area contributed by atoms with E-state index in [0.29, 0.717) is 23.3 Å². The molecule has 0 bridgehead atoms. The molecule has 0 radical (unpaired) electrons. The third-order valence-electron chi connectivity index (χ3n) is 6.53. The zero-order chi connectivity index (χ0) is 22.0. The van der Waals surface area contributed by atoms with E-state index in [2.05, 4.69) is 19.2 Å². The lowest BCUT2D eigenvalue weighted by Crippen LogP contribution is -2.49. The van der Waals surface area contributed by atoms with Gasteiger partial charge in [-0.2, -0.15) is 0 Å². The van der Waals surface area contributed by atoms with Crippen LogP contribution in [0.1, 0.15) is 44.2 Å². The Morgan fingerprint density at radius 2 is 1.97 bits per heavy atom. The summed E-state index contributed by atoms with van der Waals surface area (Å²) in [7, 11) is 0. The second kappa shape index (κ2) is 8.96. The molecule has 0 unspecified atom stereocenters. The second-order valence-electron chi connectivity index (χ2n) is 8.83. The van der Waals surface area contributed by atoms with Crippen molar-refractivity contribution >= 4 is 23.6 Å². The first-order chi connectivity index (χ1) is 14.9. The van der Waals surface area contributed by atoms with Gasteiger partial charge in [0.25, 0.3) is 5.91 Å². The molecule has 1 N–H and O–H groups in total. The van der Waals surface area contributed by atoms with Gasteiger partial charge in [-0.25, -0.2) is 0 Å². The van der Waals surface area contributed by atoms with Crippen LogP contribution in [0, 0.1) is 18.8 Å². The van der Waals surface area contributed by atoms with Crippen LogP contribution in [0.3, 0.4) is 0 Å². The number of carbonyl (C=O) groups excluding carboxylic acids is 2. The molecule has 1 heterocycles. The summed E-state index contributed by atoms with van der Waals surface area (Å²) in [5, 5.41) is 3.18. The van der Waals surface area contributed by atoms with Crippen molar-refractivity contribution in [1.29, 1.82) is 0 Å². The molecule has 0 spiro atoms. The van der Waals surface area contributed by atoms with Crippen molar-refractivity contribution in [3.05, 3.63) is 65.4 Å². The first kappa shape index (κ1) is 21.2. The van der Waals surface area contributed by atoms with Gasteiger partial charge in [-0.15, -0.1) is 0 Å². The van der Waals surface area contributed by atoms with Gasteiger partial charge >= 0.3 is 0 Å². The van der Waals surface area contributed by atoms with E-state index in [1.165, 1.54) is 11.3 Å². The molecule has 2 aromatic rings. The number of para-hydroxylation sites is 2. The average molecular weight is 419 g/mol. The van der Waals surface area contributed by atoms with E-state index in [-0.39, 0.29) is 30.2 Å². The van der Waals surface area contributed by atoms with E-state index < -0.39 is 0 Å². The largest absolute Gasteiger partial charge is 0.449 e. The minimum atomic E-state index is -0.305. The van der Waals surface area contributed by atoms with E-state index in [1.54, 1.807) is 6.08 Å². The van der Waals surface area contributed by atoms with Crippen LogP contribution in [0.25, 0.3) is 6.08 Å². The summed E-state index contributed by atoms with van der Waals surface area (Å²) in [4.78, 5) is 27.7. The molecule has 3 atom stereocenters. The van der Waals surface area contributed by atoms with Gasteiger partial charge in [0.15, 0.2) is 11.5 Å². The number of ether oxygens (including phenoxy) is 1. The van der Waals surface area contributed by atoms with Gasteiger partial charge in [0.1, 0.15) is 6.54 Å². The number of nitrogens with one attached hydrogen (secondary N) is 1. The molecule has 162 valence electrons. The molecule has 0 aromatic heterocycles. The highest BCUT2D eigenvalue weighted by Gasteiger charge is 2.33. The predicted octanol–water partition coefficient (Wildman–Crippen LogP) is 4.70. The first-order valence-electron chi connectivity index (χ1n) is 11.1. The van der Waals surface area contributed by atoms with E-state index in [1.807, 2.05) is 55.5 Å². The van der Waals surface area contributed by atoms with Crippen molar-refractivity contribution < 1.29 is 14.3 Å². The summed E-state index contributed by atoms with van der Waals surface area (Å²) in [5.74, 6) is 1.38. The summed E-state index contributed by atoms with van der Waals surface area (Å²) < 4.78 is 5.92. The molecule has 5 nitrogen and oxygen atoms in total. The topological polar surface area (TPSA) is 58.6 Å². The SMILES string of the molecule is Cc1cccc(/C=C2/Oc3ccccc3N(CC(=O)N[C@@H]3CCC[C@@H](C)[C@H]3C)C2=O)c1. The number of amides is 2. The van der Waals surface area contributed by atoms with Crippen LogP contribution in [0.15, 0.2) is 54.3 Å². The van der Waals surface area contributed by atoms with Crippen LogP contribution in [0.4, 0.5) is 5.69 Å². The third kappa shape index (κ3) is 4.66. The standard InChI is InChI=1S/C26H30N2O3/c1-17-8-6-10-20(14-17)15-24-26(30)28(22-12-4-5-13-23(22)31-24)16-25(29)27-21-11-7-9-18(2)19(21)3/h4-6,8,10,12-15,18-19,21H,7,9,11,16H2,1-3H3,(H,27,29)/b24-15+/t18-,19-,21-/m1/s1. The van der Waals surface area contributed by atoms with Crippen molar-refractivity contribution in [2.45, 2.75) is 46.1 Å². The Kier molecular flexibility index (Phi) is 6.12. The molecule has 4 rings (SSSR count). The number of rotatable bonds is 4. The van der Waals surface area contributed by atoms with Crippen molar-refractivity contribution in [3.8, 4) is 5.75 Å². The fraction of sp³-hybridized carbons (Fsp3) is 0.385. The molecule has 2 aromatic carbocycles. The zero-order valence-corrected chi connectivity index (χ0v) is 18.4. The lowest BCUT2D eigenvalue weighted by Gasteiger charge is -2.35. The Balaban J connectivity index is 1.57. The highest BCUT2D eigenvalue weighted by atomic mass is 16.5. The summed E-state index contributed by atoms with van der Waals surface area (Å²) in [6, 6.07) is 15.4. The van der Waals surface area contributed by atoms with Crippen LogP contribution in [-0.2, 0) is 9.59 Å². The lowest BCUT2D eigenvalue weighted by atomic mass is 9.78. The number of nitrogens with zero attached hydrogens (tertiary/aromatic N) is 1. The van der Waals surface area contributed by atoms with Crippen LogP contribution in [-0.4, -0.2) is 24.4 Å². The molecule has 5 heteroatoms. The highest BCUT2D eigenvalue weighted by Crippen LogP contribution is 2.35. The number of fused-ring (bicyclic) bond motifs is 1. The fourth-order valence-corrected chi connectivity index (χ4v) is 4.51. The molecule has 31 heavy (non-hydrogen) atoms. The van der Waals surface area contributed by atoms with Crippen molar-refractivity contribution in [2.75, 3.05) is 11.4 Å². The van der Waals surface area contributed by atoms with Crippen LogP contribution in [0.2, 0.25) is 0 Å². The van der Waals surface area contributed by atoms with Crippen molar-refractivity contribution in [2.24, 2.45) is 11.8 Å².